The summed E-state index contributed by atoms with van der Waals surface area (Å²) < 4.78 is 5.52. The third-order valence-electron chi connectivity index (χ3n) is 2.55. The number of aromatic nitrogens is 2. The Balaban J connectivity index is 1.79. The van der Waals surface area contributed by atoms with Crippen molar-refractivity contribution in [1.82, 2.24) is 15.3 Å². The average Bonchev–Trinajstić information content (AvgIpc) is 2.38. The van der Waals surface area contributed by atoms with E-state index in [2.05, 4.69) is 15.3 Å². The van der Waals surface area contributed by atoms with Crippen LogP contribution in [0.2, 0.25) is 0 Å². The van der Waals surface area contributed by atoms with Crippen molar-refractivity contribution >= 4 is 5.78 Å². The maximum Gasteiger partial charge on any atom is 0.208 e. The third kappa shape index (κ3) is 3.08. The Morgan fingerprint density at radius 1 is 1.56 bits per heavy atom. The molecule has 5 heteroatoms. The molecular formula is C11H15N3O2. The van der Waals surface area contributed by atoms with Gasteiger partial charge in [-0.25, -0.2) is 4.98 Å². The lowest BCUT2D eigenvalue weighted by Gasteiger charge is -2.22. The smallest absolute Gasteiger partial charge is 0.208 e. The Morgan fingerprint density at radius 2 is 2.50 bits per heavy atom. The Morgan fingerprint density at radius 3 is 3.19 bits per heavy atom. The molecule has 1 unspecified atom stereocenters. The first-order chi connectivity index (χ1) is 7.86. The summed E-state index contributed by atoms with van der Waals surface area (Å²) in [6, 6.07) is 0. The van der Waals surface area contributed by atoms with Gasteiger partial charge in [0.05, 0.1) is 12.3 Å². The first-order valence-corrected chi connectivity index (χ1v) is 5.48. The van der Waals surface area contributed by atoms with Gasteiger partial charge < -0.3 is 10.1 Å². The molecule has 1 saturated heterocycles. The van der Waals surface area contributed by atoms with E-state index in [1.54, 1.807) is 6.20 Å². The number of hydrogen-bond acceptors (Lipinski definition) is 5. The minimum Gasteiger partial charge on any atom is -0.369 e. The molecule has 1 atom stereocenters. The van der Waals surface area contributed by atoms with Crippen LogP contribution in [0.4, 0.5) is 0 Å². The van der Waals surface area contributed by atoms with Crippen LogP contribution < -0.4 is 5.32 Å². The largest absolute Gasteiger partial charge is 0.369 e. The van der Waals surface area contributed by atoms with Crippen molar-refractivity contribution in [1.29, 1.82) is 0 Å². The molecule has 16 heavy (non-hydrogen) atoms. The second kappa shape index (κ2) is 5.67. The molecule has 2 rings (SSSR count). The van der Waals surface area contributed by atoms with Gasteiger partial charge in [0, 0.05) is 18.9 Å². The number of ketones is 1. The summed E-state index contributed by atoms with van der Waals surface area (Å²) in [7, 11) is 0. The molecule has 0 bridgehead atoms. The van der Waals surface area contributed by atoms with Gasteiger partial charge in [-0.05, 0) is 19.4 Å². The van der Waals surface area contributed by atoms with Gasteiger partial charge in [-0.1, -0.05) is 0 Å². The Kier molecular flexibility index (Phi) is 3.96. The van der Waals surface area contributed by atoms with Crippen LogP contribution in [0.1, 0.15) is 23.3 Å². The molecule has 1 aliphatic rings. The quantitative estimate of drug-likeness (QED) is 0.747. The number of Topliss-reactive ketones (excluding diaryl/α,β-unsaturated/α-hetero) is 1. The first kappa shape index (κ1) is 11.2. The highest BCUT2D eigenvalue weighted by molar-refractivity contribution is 5.94. The molecule has 1 aromatic heterocycles. The van der Waals surface area contributed by atoms with Crippen LogP contribution in [0.5, 0.6) is 0 Å². The van der Waals surface area contributed by atoms with Gasteiger partial charge in [-0.3, -0.25) is 9.78 Å². The topological polar surface area (TPSA) is 64.1 Å². The Labute approximate surface area is 94.2 Å². The van der Waals surface area contributed by atoms with Crippen LogP contribution in [-0.4, -0.2) is 41.6 Å². The number of piperidine rings is 1. The van der Waals surface area contributed by atoms with E-state index in [4.69, 9.17) is 4.74 Å². The van der Waals surface area contributed by atoms with Crippen LogP contribution in [0.15, 0.2) is 18.6 Å². The van der Waals surface area contributed by atoms with E-state index < -0.39 is 0 Å². The van der Waals surface area contributed by atoms with E-state index in [0.29, 0.717) is 5.69 Å². The SMILES string of the molecule is O=C(COC1CCCNC1)c1cnccn1. The van der Waals surface area contributed by atoms with Crippen LogP contribution in [0.3, 0.4) is 0 Å². The fourth-order valence-corrected chi connectivity index (χ4v) is 1.67. The minimum atomic E-state index is -0.112. The molecule has 1 aliphatic heterocycles. The predicted octanol–water partition coefficient (Wildman–Crippen LogP) is 0.428. The molecule has 1 fully saturated rings. The third-order valence-corrected chi connectivity index (χ3v) is 2.55. The lowest BCUT2D eigenvalue weighted by atomic mass is 10.1. The second-order valence-corrected chi connectivity index (χ2v) is 3.79. The molecule has 0 spiro atoms. The molecule has 5 nitrogen and oxygen atoms in total. The number of carbonyl (C=O) groups is 1. The normalized spacial score (nSPS) is 20.6. The highest BCUT2D eigenvalue weighted by Gasteiger charge is 2.15. The van der Waals surface area contributed by atoms with E-state index in [9.17, 15) is 4.79 Å². The standard InChI is InChI=1S/C11H15N3O2/c15-11(10-7-13-4-5-14-10)8-16-9-2-1-3-12-6-9/h4-5,7,9,12H,1-3,6,8H2. The van der Waals surface area contributed by atoms with Crippen molar-refractivity contribution in [3.63, 3.8) is 0 Å². The van der Waals surface area contributed by atoms with Crippen molar-refractivity contribution in [2.75, 3.05) is 19.7 Å². The Bertz CT molecular complexity index is 336. The van der Waals surface area contributed by atoms with E-state index >= 15 is 0 Å². The molecule has 0 radical (unpaired) electrons. The summed E-state index contributed by atoms with van der Waals surface area (Å²) in [5.74, 6) is -0.112. The Hall–Kier alpha value is -1.33. The summed E-state index contributed by atoms with van der Waals surface area (Å²) in [5, 5.41) is 3.23. The number of nitrogens with zero attached hydrogens (tertiary/aromatic N) is 2. The zero-order chi connectivity index (χ0) is 11.2. The highest BCUT2D eigenvalue weighted by Crippen LogP contribution is 2.06. The summed E-state index contributed by atoms with van der Waals surface area (Å²) in [6.45, 7) is 1.96. The molecule has 0 aliphatic carbocycles. The van der Waals surface area contributed by atoms with Crippen molar-refractivity contribution < 1.29 is 9.53 Å². The van der Waals surface area contributed by atoms with Crippen molar-refractivity contribution in [3.8, 4) is 0 Å². The van der Waals surface area contributed by atoms with E-state index in [0.717, 1.165) is 25.9 Å². The zero-order valence-electron chi connectivity index (χ0n) is 9.06. The van der Waals surface area contributed by atoms with Crippen molar-refractivity contribution in [2.45, 2.75) is 18.9 Å². The molecule has 0 amide bonds. The molecule has 2 heterocycles. The monoisotopic (exact) mass is 221 g/mol. The molecule has 0 aromatic carbocycles. The van der Waals surface area contributed by atoms with Crippen molar-refractivity contribution in [2.24, 2.45) is 0 Å². The molecular weight excluding hydrogens is 206 g/mol. The summed E-state index contributed by atoms with van der Waals surface area (Å²) in [6.07, 6.45) is 6.78. The molecule has 1 aromatic rings. The fraction of sp³-hybridized carbons (Fsp3) is 0.545. The van der Waals surface area contributed by atoms with E-state index in [1.807, 2.05) is 0 Å². The number of rotatable bonds is 4. The number of carbonyl (C=O) groups excluding carboxylic acids is 1. The van der Waals surface area contributed by atoms with Gasteiger partial charge in [0.15, 0.2) is 0 Å². The lowest BCUT2D eigenvalue weighted by Crippen LogP contribution is -2.36. The van der Waals surface area contributed by atoms with Crippen LogP contribution in [0.25, 0.3) is 0 Å². The summed E-state index contributed by atoms with van der Waals surface area (Å²) in [4.78, 5) is 19.4. The van der Waals surface area contributed by atoms with Crippen LogP contribution >= 0.6 is 0 Å². The molecule has 1 N–H and O–H groups in total. The zero-order valence-corrected chi connectivity index (χ0v) is 9.06. The molecule has 0 saturated carbocycles. The number of ether oxygens (including phenoxy) is 1. The van der Waals surface area contributed by atoms with Gasteiger partial charge in [-0.15, -0.1) is 0 Å². The van der Waals surface area contributed by atoms with Gasteiger partial charge in [-0.2, -0.15) is 0 Å². The van der Waals surface area contributed by atoms with Gasteiger partial charge in [0.2, 0.25) is 5.78 Å². The van der Waals surface area contributed by atoms with Gasteiger partial charge in [0.1, 0.15) is 12.3 Å². The van der Waals surface area contributed by atoms with E-state index in [1.165, 1.54) is 12.4 Å². The lowest BCUT2D eigenvalue weighted by molar-refractivity contribution is 0.0344. The average molecular weight is 221 g/mol. The maximum absolute atomic E-state index is 11.6. The van der Waals surface area contributed by atoms with Gasteiger partial charge >= 0.3 is 0 Å². The predicted molar refractivity (Wildman–Crippen MR) is 58.2 cm³/mol. The highest BCUT2D eigenvalue weighted by atomic mass is 16.5. The first-order valence-electron chi connectivity index (χ1n) is 5.48. The number of nitrogens with one attached hydrogen (secondary N) is 1. The maximum atomic E-state index is 11.6. The summed E-state index contributed by atoms with van der Waals surface area (Å²) >= 11 is 0. The summed E-state index contributed by atoms with van der Waals surface area (Å²) in [5.41, 5.74) is 0.367. The second-order valence-electron chi connectivity index (χ2n) is 3.79. The van der Waals surface area contributed by atoms with E-state index in [-0.39, 0.29) is 18.5 Å². The molecule has 86 valence electrons. The van der Waals surface area contributed by atoms with Gasteiger partial charge in [0.25, 0.3) is 0 Å². The number of hydrogen-bond donors (Lipinski definition) is 1. The van der Waals surface area contributed by atoms with Crippen LogP contribution in [0, 0.1) is 0 Å². The minimum absolute atomic E-state index is 0.0883. The van der Waals surface area contributed by atoms with Crippen molar-refractivity contribution in [3.05, 3.63) is 24.3 Å². The van der Waals surface area contributed by atoms with Crippen LogP contribution in [-0.2, 0) is 4.74 Å². The fourth-order valence-electron chi connectivity index (χ4n) is 1.67.